The number of benzene rings is 1. The van der Waals surface area contributed by atoms with Gasteiger partial charge in [-0.15, -0.1) is 0 Å². The maximum Gasteiger partial charge on any atom is 0.345 e. The van der Waals surface area contributed by atoms with E-state index < -0.39 is 5.97 Å². The predicted molar refractivity (Wildman–Crippen MR) is 81.5 cm³/mol. The van der Waals surface area contributed by atoms with Crippen molar-refractivity contribution < 1.29 is 13.9 Å². The second-order valence-corrected chi connectivity index (χ2v) is 4.74. The van der Waals surface area contributed by atoms with Crippen LogP contribution in [0.25, 0.3) is 16.7 Å². The fourth-order valence-electron chi connectivity index (χ4n) is 1.75. The standard InChI is InChI=1S/C16H20N2O3/c1-4-11(3)17-10-12(16(19)20-5-2)15-18-13-8-6-7-9-14(13)21-15/h6-11,17H,4-5H2,1-3H3/b12-10+. The molecular formula is C16H20N2O3. The number of nitrogens with one attached hydrogen (secondary N) is 1. The zero-order chi connectivity index (χ0) is 15.2. The summed E-state index contributed by atoms with van der Waals surface area (Å²) in [5.74, 6) is -0.176. The second-order valence-electron chi connectivity index (χ2n) is 4.74. The van der Waals surface area contributed by atoms with Crippen molar-refractivity contribution >= 4 is 22.6 Å². The smallest absolute Gasteiger partial charge is 0.345 e. The highest BCUT2D eigenvalue weighted by molar-refractivity contribution is 6.15. The Bertz CT molecular complexity index is 613. The Hall–Kier alpha value is -2.30. The van der Waals surface area contributed by atoms with Crippen LogP contribution in [-0.4, -0.2) is 23.6 Å². The van der Waals surface area contributed by atoms with Crippen LogP contribution in [0, 0.1) is 0 Å². The van der Waals surface area contributed by atoms with Crippen molar-refractivity contribution in [1.82, 2.24) is 10.3 Å². The van der Waals surface area contributed by atoms with E-state index in [1.165, 1.54) is 0 Å². The molecular weight excluding hydrogens is 268 g/mol. The lowest BCUT2D eigenvalue weighted by atomic mass is 10.2. The van der Waals surface area contributed by atoms with Crippen LogP contribution in [0.15, 0.2) is 34.9 Å². The number of nitrogens with zero attached hydrogens (tertiary/aromatic N) is 1. The molecule has 5 nitrogen and oxygen atoms in total. The molecule has 0 bridgehead atoms. The van der Waals surface area contributed by atoms with Crippen molar-refractivity contribution in [1.29, 1.82) is 0 Å². The number of para-hydroxylation sites is 2. The third kappa shape index (κ3) is 3.62. The molecule has 112 valence electrons. The Morgan fingerprint density at radius 1 is 1.43 bits per heavy atom. The Morgan fingerprint density at radius 3 is 2.86 bits per heavy atom. The molecule has 1 N–H and O–H groups in total. The van der Waals surface area contributed by atoms with Gasteiger partial charge in [0.2, 0.25) is 5.89 Å². The highest BCUT2D eigenvalue weighted by atomic mass is 16.5. The van der Waals surface area contributed by atoms with Crippen LogP contribution < -0.4 is 5.32 Å². The van der Waals surface area contributed by atoms with Crippen molar-refractivity contribution in [3.63, 3.8) is 0 Å². The molecule has 1 aromatic carbocycles. The molecule has 0 saturated heterocycles. The first-order chi connectivity index (χ1) is 10.2. The number of aromatic nitrogens is 1. The van der Waals surface area contributed by atoms with Crippen LogP contribution >= 0.6 is 0 Å². The minimum Gasteiger partial charge on any atom is -0.462 e. The number of fused-ring (bicyclic) bond motifs is 1. The van der Waals surface area contributed by atoms with Crippen LogP contribution in [0.3, 0.4) is 0 Å². The lowest BCUT2D eigenvalue weighted by Crippen LogP contribution is -2.21. The van der Waals surface area contributed by atoms with Crippen molar-refractivity contribution in [2.24, 2.45) is 0 Å². The number of ether oxygens (including phenoxy) is 1. The first kappa shape index (κ1) is 15.1. The quantitative estimate of drug-likeness (QED) is 0.653. The summed E-state index contributed by atoms with van der Waals surface area (Å²) in [5.41, 5.74) is 1.66. The summed E-state index contributed by atoms with van der Waals surface area (Å²) in [6.07, 6.45) is 2.57. The molecule has 1 heterocycles. The molecule has 0 aliphatic carbocycles. The van der Waals surface area contributed by atoms with Gasteiger partial charge in [-0.2, -0.15) is 0 Å². The van der Waals surface area contributed by atoms with Crippen molar-refractivity contribution in [2.75, 3.05) is 6.61 Å². The Morgan fingerprint density at radius 2 is 2.19 bits per heavy atom. The molecule has 1 unspecified atom stereocenters. The van der Waals surface area contributed by atoms with E-state index in [2.05, 4.69) is 17.2 Å². The fraction of sp³-hybridized carbons (Fsp3) is 0.375. The lowest BCUT2D eigenvalue weighted by Gasteiger charge is -2.10. The summed E-state index contributed by atoms with van der Waals surface area (Å²) < 4.78 is 10.7. The number of carbonyl (C=O) groups excluding carboxylic acids is 1. The van der Waals surface area contributed by atoms with Gasteiger partial charge >= 0.3 is 5.97 Å². The molecule has 0 aliphatic heterocycles. The summed E-state index contributed by atoms with van der Waals surface area (Å²) in [4.78, 5) is 16.4. The van der Waals surface area contributed by atoms with Crippen LogP contribution in [0.4, 0.5) is 0 Å². The summed E-state index contributed by atoms with van der Waals surface area (Å²) in [6.45, 7) is 6.17. The minimum atomic E-state index is -0.445. The molecule has 2 rings (SSSR count). The van der Waals surface area contributed by atoms with Gasteiger partial charge < -0.3 is 14.5 Å². The summed E-state index contributed by atoms with van der Waals surface area (Å²) in [6, 6.07) is 7.64. The monoisotopic (exact) mass is 288 g/mol. The third-order valence-electron chi connectivity index (χ3n) is 3.14. The zero-order valence-corrected chi connectivity index (χ0v) is 12.6. The first-order valence-corrected chi connectivity index (χ1v) is 7.15. The average Bonchev–Trinajstić information content (AvgIpc) is 2.91. The van der Waals surface area contributed by atoms with Crippen LogP contribution in [-0.2, 0) is 9.53 Å². The SMILES string of the molecule is CCOC(=O)/C(=C/NC(C)CC)c1nc2ccccc2o1. The minimum absolute atomic E-state index is 0.249. The molecule has 0 radical (unpaired) electrons. The molecule has 2 aromatic rings. The molecule has 0 saturated carbocycles. The Labute approximate surface area is 124 Å². The van der Waals surface area contributed by atoms with Gasteiger partial charge in [-0.25, -0.2) is 9.78 Å². The molecule has 1 aromatic heterocycles. The van der Waals surface area contributed by atoms with Crippen molar-refractivity contribution in [3.05, 3.63) is 36.4 Å². The summed E-state index contributed by atoms with van der Waals surface area (Å²) >= 11 is 0. The topological polar surface area (TPSA) is 64.4 Å². The lowest BCUT2D eigenvalue weighted by molar-refractivity contribution is -0.136. The molecule has 0 amide bonds. The predicted octanol–water partition coefficient (Wildman–Crippen LogP) is 3.12. The van der Waals surface area contributed by atoms with Gasteiger partial charge in [0, 0.05) is 12.2 Å². The zero-order valence-electron chi connectivity index (χ0n) is 12.6. The van der Waals surface area contributed by atoms with E-state index in [1.807, 2.05) is 31.2 Å². The summed E-state index contributed by atoms with van der Waals surface area (Å²) in [7, 11) is 0. The molecule has 0 aliphatic rings. The maximum absolute atomic E-state index is 12.1. The Kier molecular flexibility index (Phi) is 4.98. The Balaban J connectivity index is 2.35. The van der Waals surface area contributed by atoms with Gasteiger partial charge in [0.1, 0.15) is 11.1 Å². The summed E-state index contributed by atoms with van der Waals surface area (Å²) in [5, 5.41) is 3.15. The highest BCUT2D eigenvalue weighted by Crippen LogP contribution is 2.21. The van der Waals surface area contributed by atoms with E-state index in [1.54, 1.807) is 13.1 Å². The van der Waals surface area contributed by atoms with Crippen LogP contribution in [0.1, 0.15) is 33.1 Å². The van der Waals surface area contributed by atoms with Gasteiger partial charge in [0.15, 0.2) is 5.58 Å². The van der Waals surface area contributed by atoms with Crippen molar-refractivity contribution in [3.8, 4) is 0 Å². The largest absolute Gasteiger partial charge is 0.462 e. The third-order valence-corrected chi connectivity index (χ3v) is 3.14. The van der Waals surface area contributed by atoms with E-state index >= 15 is 0 Å². The van der Waals surface area contributed by atoms with E-state index in [9.17, 15) is 4.79 Å². The molecule has 5 heteroatoms. The first-order valence-electron chi connectivity index (χ1n) is 7.15. The van der Waals surface area contributed by atoms with Gasteiger partial charge in [0.05, 0.1) is 6.61 Å². The number of hydrogen-bond acceptors (Lipinski definition) is 5. The molecule has 0 fully saturated rings. The van der Waals surface area contributed by atoms with Gasteiger partial charge in [-0.05, 0) is 32.4 Å². The van der Waals surface area contributed by atoms with Crippen LogP contribution in [0.5, 0.6) is 0 Å². The number of carbonyl (C=O) groups is 1. The van der Waals surface area contributed by atoms with Crippen molar-refractivity contribution in [2.45, 2.75) is 33.2 Å². The van der Waals surface area contributed by atoms with E-state index in [-0.39, 0.29) is 11.9 Å². The number of oxazole rings is 1. The van der Waals surface area contributed by atoms with Gasteiger partial charge in [-0.3, -0.25) is 0 Å². The van der Waals surface area contributed by atoms with E-state index in [0.29, 0.717) is 23.3 Å². The molecule has 1 atom stereocenters. The molecule has 0 spiro atoms. The average molecular weight is 288 g/mol. The fourth-order valence-corrected chi connectivity index (χ4v) is 1.75. The van der Waals surface area contributed by atoms with Crippen LogP contribution in [0.2, 0.25) is 0 Å². The normalized spacial score (nSPS) is 13.2. The van der Waals surface area contributed by atoms with E-state index in [4.69, 9.17) is 9.15 Å². The van der Waals surface area contributed by atoms with E-state index in [0.717, 1.165) is 6.42 Å². The number of rotatable bonds is 6. The molecule has 21 heavy (non-hydrogen) atoms. The second kappa shape index (κ2) is 6.92. The van der Waals surface area contributed by atoms with Gasteiger partial charge in [0.25, 0.3) is 0 Å². The highest BCUT2D eigenvalue weighted by Gasteiger charge is 2.19. The maximum atomic E-state index is 12.1. The number of esters is 1. The number of hydrogen-bond donors (Lipinski definition) is 1. The van der Waals surface area contributed by atoms with Gasteiger partial charge in [-0.1, -0.05) is 19.1 Å².